The van der Waals surface area contributed by atoms with Gasteiger partial charge in [-0.1, -0.05) is 24.3 Å². The number of para-hydroxylation sites is 4. The highest BCUT2D eigenvalue weighted by molar-refractivity contribution is 5.83. The third-order valence-electron chi connectivity index (χ3n) is 5.34. The molecule has 0 bridgehead atoms. The predicted molar refractivity (Wildman–Crippen MR) is 119 cm³/mol. The highest BCUT2D eigenvalue weighted by Crippen LogP contribution is 2.28. The van der Waals surface area contributed by atoms with Crippen molar-refractivity contribution in [2.75, 3.05) is 40.4 Å². The van der Waals surface area contributed by atoms with Gasteiger partial charge in [0.15, 0.2) is 35.2 Å². The van der Waals surface area contributed by atoms with Crippen LogP contribution in [0.1, 0.15) is 13.8 Å². The van der Waals surface area contributed by atoms with Crippen LogP contribution in [0.3, 0.4) is 0 Å². The standard InChI is InChI=1S/C24H30N2O6/c1-17(31-21-11-7-5-9-19(21)29-3)23(27)25-13-15-26(16-14-25)24(28)18(2)32-22-12-8-6-10-20(22)30-4/h5-12,17-18H,13-16H2,1-4H3/t17-,18-/m1/s1. The van der Waals surface area contributed by atoms with Crippen molar-refractivity contribution in [2.45, 2.75) is 26.1 Å². The largest absolute Gasteiger partial charge is 0.493 e. The maximum Gasteiger partial charge on any atom is 0.263 e. The van der Waals surface area contributed by atoms with E-state index in [1.165, 1.54) is 0 Å². The number of amides is 2. The Kier molecular flexibility index (Phi) is 7.81. The van der Waals surface area contributed by atoms with Crippen LogP contribution in [0.4, 0.5) is 0 Å². The van der Waals surface area contributed by atoms with Crippen molar-refractivity contribution in [3.8, 4) is 23.0 Å². The number of piperazine rings is 1. The van der Waals surface area contributed by atoms with Crippen LogP contribution in [0.15, 0.2) is 48.5 Å². The molecular formula is C24H30N2O6. The molecule has 2 amide bonds. The van der Waals surface area contributed by atoms with Gasteiger partial charge in [-0.05, 0) is 38.1 Å². The van der Waals surface area contributed by atoms with E-state index in [0.29, 0.717) is 49.2 Å². The first-order valence-electron chi connectivity index (χ1n) is 10.6. The fraction of sp³-hybridized carbons (Fsp3) is 0.417. The van der Waals surface area contributed by atoms with Crippen LogP contribution in [-0.4, -0.2) is 74.2 Å². The van der Waals surface area contributed by atoms with Gasteiger partial charge in [0.1, 0.15) is 0 Å². The van der Waals surface area contributed by atoms with Crippen molar-refractivity contribution in [1.82, 2.24) is 9.80 Å². The summed E-state index contributed by atoms with van der Waals surface area (Å²) in [6, 6.07) is 14.4. The van der Waals surface area contributed by atoms with Gasteiger partial charge in [-0.3, -0.25) is 9.59 Å². The van der Waals surface area contributed by atoms with Crippen LogP contribution in [-0.2, 0) is 9.59 Å². The van der Waals surface area contributed by atoms with Crippen molar-refractivity contribution >= 4 is 11.8 Å². The number of benzene rings is 2. The first-order valence-corrected chi connectivity index (χ1v) is 10.6. The van der Waals surface area contributed by atoms with E-state index in [1.807, 2.05) is 24.3 Å². The van der Waals surface area contributed by atoms with Gasteiger partial charge in [-0.15, -0.1) is 0 Å². The molecular weight excluding hydrogens is 412 g/mol. The zero-order valence-electron chi connectivity index (χ0n) is 18.9. The van der Waals surface area contributed by atoms with Crippen LogP contribution in [0.25, 0.3) is 0 Å². The summed E-state index contributed by atoms with van der Waals surface area (Å²) < 4.78 is 22.2. The third kappa shape index (κ3) is 5.43. The molecule has 1 aliphatic rings. The van der Waals surface area contributed by atoms with Gasteiger partial charge in [0.25, 0.3) is 11.8 Å². The summed E-state index contributed by atoms with van der Waals surface area (Å²) in [6.07, 6.45) is -1.33. The SMILES string of the molecule is COc1ccccc1O[C@H](C)C(=O)N1CCN(C(=O)[C@@H](C)Oc2ccccc2OC)CC1. The smallest absolute Gasteiger partial charge is 0.263 e. The van der Waals surface area contributed by atoms with Gasteiger partial charge in [-0.25, -0.2) is 0 Å². The monoisotopic (exact) mass is 442 g/mol. The molecule has 1 heterocycles. The third-order valence-corrected chi connectivity index (χ3v) is 5.34. The maximum atomic E-state index is 12.8. The van der Waals surface area contributed by atoms with Crippen molar-refractivity contribution in [3.05, 3.63) is 48.5 Å². The van der Waals surface area contributed by atoms with Crippen LogP contribution in [0, 0.1) is 0 Å². The quantitative estimate of drug-likeness (QED) is 0.626. The van der Waals surface area contributed by atoms with E-state index < -0.39 is 12.2 Å². The molecule has 2 aromatic carbocycles. The lowest BCUT2D eigenvalue weighted by molar-refractivity contribution is -0.146. The van der Waals surface area contributed by atoms with Crippen molar-refractivity contribution in [3.63, 3.8) is 0 Å². The van der Waals surface area contributed by atoms with Crippen LogP contribution in [0.2, 0.25) is 0 Å². The van der Waals surface area contributed by atoms with Crippen molar-refractivity contribution in [2.24, 2.45) is 0 Å². The Balaban J connectivity index is 1.52. The summed E-state index contributed by atoms with van der Waals surface area (Å²) in [5, 5.41) is 0. The molecule has 1 fully saturated rings. The number of methoxy groups -OCH3 is 2. The zero-order valence-corrected chi connectivity index (χ0v) is 18.9. The van der Waals surface area contributed by atoms with E-state index in [2.05, 4.69) is 0 Å². The highest BCUT2D eigenvalue weighted by atomic mass is 16.5. The zero-order chi connectivity index (χ0) is 23.1. The van der Waals surface area contributed by atoms with Crippen LogP contribution < -0.4 is 18.9 Å². The predicted octanol–water partition coefficient (Wildman–Crippen LogP) is 2.61. The average molecular weight is 443 g/mol. The van der Waals surface area contributed by atoms with Crippen LogP contribution in [0.5, 0.6) is 23.0 Å². The van der Waals surface area contributed by atoms with Crippen molar-refractivity contribution < 1.29 is 28.5 Å². The number of rotatable bonds is 8. The maximum absolute atomic E-state index is 12.8. The Labute approximate surface area is 188 Å². The molecule has 0 radical (unpaired) electrons. The molecule has 0 N–H and O–H groups in total. The second kappa shape index (κ2) is 10.7. The molecule has 0 aromatic heterocycles. The number of nitrogens with zero attached hydrogens (tertiary/aromatic N) is 2. The molecule has 8 nitrogen and oxygen atoms in total. The van der Waals surface area contributed by atoms with Gasteiger partial charge in [0.05, 0.1) is 14.2 Å². The fourth-order valence-corrected chi connectivity index (χ4v) is 3.58. The van der Waals surface area contributed by atoms with Gasteiger partial charge in [0.2, 0.25) is 0 Å². The summed E-state index contributed by atoms with van der Waals surface area (Å²) in [5.41, 5.74) is 0. The number of hydrogen-bond donors (Lipinski definition) is 0. The van der Waals surface area contributed by atoms with Crippen LogP contribution >= 0.6 is 0 Å². The van der Waals surface area contributed by atoms with E-state index in [-0.39, 0.29) is 11.8 Å². The van der Waals surface area contributed by atoms with Gasteiger partial charge in [-0.2, -0.15) is 0 Å². The molecule has 0 saturated carbocycles. The summed E-state index contributed by atoms with van der Waals surface area (Å²) in [4.78, 5) is 29.1. The number of ether oxygens (including phenoxy) is 4. The molecule has 0 spiro atoms. The normalized spacial score (nSPS) is 15.5. The van der Waals surface area contributed by atoms with Crippen molar-refractivity contribution in [1.29, 1.82) is 0 Å². The molecule has 0 aliphatic carbocycles. The molecule has 2 atom stereocenters. The van der Waals surface area contributed by atoms with Gasteiger partial charge < -0.3 is 28.7 Å². The minimum Gasteiger partial charge on any atom is -0.493 e. The Bertz CT molecular complexity index is 851. The highest BCUT2D eigenvalue weighted by Gasteiger charge is 2.30. The molecule has 0 unspecified atom stereocenters. The summed E-state index contributed by atoms with van der Waals surface area (Å²) in [6.45, 7) is 5.18. The Morgan fingerprint density at radius 2 is 0.969 bits per heavy atom. The number of hydrogen-bond acceptors (Lipinski definition) is 6. The lowest BCUT2D eigenvalue weighted by atomic mass is 10.2. The van der Waals surface area contributed by atoms with E-state index in [4.69, 9.17) is 18.9 Å². The minimum absolute atomic E-state index is 0.124. The Morgan fingerprint density at radius 3 is 1.28 bits per heavy atom. The minimum atomic E-state index is -0.665. The number of carbonyl (C=O) groups is 2. The first-order chi connectivity index (χ1) is 15.4. The average Bonchev–Trinajstić information content (AvgIpc) is 2.83. The fourth-order valence-electron chi connectivity index (χ4n) is 3.58. The summed E-state index contributed by atoms with van der Waals surface area (Å²) in [5.74, 6) is 1.94. The van der Waals surface area contributed by atoms with E-state index in [1.54, 1.807) is 62.1 Å². The molecule has 32 heavy (non-hydrogen) atoms. The molecule has 1 saturated heterocycles. The molecule has 8 heteroatoms. The second-order valence-corrected chi connectivity index (χ2v) is 7.47. The summed E-state index contributed by atoms with van der Waals surface area (Å²) >= 11 is 0. The Hall–Kier alpha value is -3.42. The first kappa shape index (κ1) is 23.2. The summed E-state index contributed by atoms with van der Waals surface area (Å²) in [7, 11) is 3.12. The van der Waals surface area contributed by atoms with Gasteiger partial charge in [0, 0.05) is 26.2 Å². The molecule has 1 aliphatic heterocycles. The molecule has 172 valence electrons. The number of carbonyl (C=O) groups excluding carboxylic acids is 2. The van der Waals surface area contributed by atoms with Gasteiger partial charge >= 0.3 is 0 Å². The van der Waals surface area contributed by atoms with E-state index in [9.17, 15) is 9.59 Å². The van der Waals surface area contributed by atoms with E-state index in [0.717, 1.165) is 0 Å². The lowest BCUT2D eigenvalue weighted by Gasteiger charge is -2.36. The molecule has 2 aromatic rings. The topological polar surface area (TPSA) is 77.5 Å². The second-order valence-electron chi connectivity index (χ2n) is 7.47. The Morgan fingerprint density at radius 1 is 0.656 bits per heavy atom. The lowest BCUT2D eigenvalue weighted by Crippen LogP contribution is -2.55. The molecule has 3 rings (SSSR count). The van der Waals surface area contributed by atoms with E-state index >= 15 is 0 Å².